The first kappa shape index (κ1) is 17.5. The van der Waals surface area contributed by atoms with Crippen LogP contribution in [0.15, 0.2) is 84.9 Å². The van der Waals surface area contributed by atoms with Crippen LogP contribution in [0.5, 0.6) is 0 Å². The Morgan fingerprint density at radius 2 is 1.57 bits per heavy atom. The molecule has 5 aromatic rings. The van der Waals surface area contributed by atoms with Crippen molar-refractivity contribution in [3.63, 3.8) is 0 Å². The van der Waals surface area contributed by atoms with Crippen LogP contribution in [0.1, 0.15) is 30.5 Å². The number of rotatable bonds is 2. The number of fused-ring (bicyclic) bond motifs is 7. The zero-order valence-corrected chi connectivity index (χ0v) is 17.3. The van der Waals surface area contributed by atoms with Crippen LogP contribution < -0.4 is 5.73 Å². The van der Waals surface area contributed by atoms with E-state index in [2.05, 4.69) is 103 Å². The molecule has 1 aliphatic rings. The summed E-state index contributed by atoms with van der Waals surface area (Å²) in [6, 6.07) is 30.9. The lowest BCUT2D eigenvalue weighted by molar-refractivity contribution is 0.661. The Kier molecular flexibility index (Phi) is 3.54. The number of nitrogens with two attached hydrogens (primary N) is 1. The molecule has 2 nitrogen and oxygen atoms in total. The Bertz CT molecular complexity index is 1450. The van der Waals surface area contributed by atoms with Gasteiger partial charge in [0.05, 0.1) is 11.0 Å². The predicted octanol–water partition coefficient (Wildman–Crippen LogP) is 6.55. The van der Waals surface area contributed by atoms with Gasteiger partial charge < -0.3 is 10.3 Å². The zero-order valence-electron chi connectivity index (χ0n) is 17.3. The largest absolute Gasteiger partial charge is 0.326 e. The number of para-hydroxylation sites is 1. The molecule has 4 aromatic carbocycles. The van der Waals surface area contributed by atoms with Crippen molar-refractivity contribution >= 4 is 21.8 Å². The van der Waals surface area contributed by atoms with Crippen LogP contribution in [0, 0.1) is 0 Å². The zero-order chi connectivity index (χ0) is 20.5. The first-order valence-corrected chi connectivity index (χ1v) is 10.6. The summed E-state index contributed by atoms with van der Waals surface area (Å²) in [5, 5.41) is 2.59. The molecule has 1 aromatic heterocycles. The topological polar surface area (TPSA) is 30.9 Å². The maximum Gasteiger partial charge on any atom is 0.0622 e. The highest BCUT2D eigenvalue weighted by Crippen LogP contribution is 2.52. The van der Waals surface area contributed by atoms with Gasteiger partial charge in [0.2, 0.25) is 0 Å². The fourth-order valence-corrected chi connectivity index (χ4v) is 5.33. The van der Waals surface area contributed by atoms with Gasteiger partial charge in [-0.1, -0.05) is 80.6 Å². The van der Waals surface area contributed by atoms with E-state index in [0.717, 1.165) is 5.56 Å². The molecule has 0 saturated heterocycles. The first-order valence-electron chi connectivity index (χ1n) is 10.6. The molecule has 0 spiro atoms. The molecule has 6 rings (SSSR count). The third-order valence-electron chi connectivity index (χ3n) is 6.78. The van der Waals surface area contributed by atoms with Gasteiger partial charge in [0.15, 0.2) is 0 Å². The maximum absolute atomic E-state index is 5.98. The van der Waals surface area contributed by atoms with Crippen molar-refractivity contribution in [1.82, 2.24) is 4.57 Å². The molecule has 30 heavy (non-hydrogen) atoms. The number of hydrogen-bond acceptors (Lipinski definition) is 1. The second-order valence-corrected chi connectivity index (χ2v) is 8.78. The fraction of sp³-hybridized carbons (Fsp3) is 0.143. The van der Waals surface area contributed by atoms with E-state index in [9.17, 15) is 0 Å². The van der Waals surface area contributed by atoms with E-state index in [1.165, 1.54) is 49.7 Å². The van der Waals surface area contributed by atoms with E-state index in [0.29, 0.717) is 6.54 Å². The molecular formula is C28H24N2. The molecule has 0 bridgehead atoms. The van der Waals surface area contributed by atoms with Crippen molar-refractivity contribution < 1.29 is 0 Å². The smallest absolute Gasteiger partial charge is 0.0622 e. The third kappa shape index (κ3) is 2.17. The Morgan fingerprint density at radius 3 is 2.43 bits per heavy atom. The summed E-state index contributed by atoms with van der Waals surface area (Å²) in [5.41, 5.74) is 16.3. The number of aromatic nitrogens is 1. The summed E-state index contributed by atoms with van der Waals surface area (Å²) in [4.78, 5) is 0. The monoisotopic (exact) mass is 388 g/mol. The van der Waals surface area contributed by atoms with Crippen molar-refractivity contribution in [2.24, 2.45) is 5.73 Å². The molecule has 0 aliphatic heterocycles. The van der Waals surface area contributed by atoms with Gasteiger partial charge in [-0.05, 0) is 40.5 Å². The Balaban J connectivity index is 1.84. The molecule has 2 heteroatoms. The maximum atomic E-state index is 5.98. The molecule has 1 aliphatic carbocycles. The molecule has 0 saturated carbocycles. The summed E-state index contributed by atoms with van der Waals surface area (Å²) >= 11 is 0. The fourth-order valence-electron chi connectivity index (χ4n) is 5.33. The van der Waals surface area contributed by atoms with Gasteiger partial charge >= 0.3 is 0 Å². The molecule has 1 heterocycles. The van der Waals surface area contributed by atoms with E-state index in [1.807, 2.05) is 0 Å². The van der Waals surface area contributed by atoms with Crippen molar-refractivity contribution in [2.45, 2.75) is 25.8 Å². The summed E-state index contributed by atoms with van der Waals surface area (Å²) in [5.74, 6) is 0. The van der Waals surface area contributed by atoms with Gasteiger partial charge in [-0.2, -0.15) is 0 Å². The molecule has 0 unspecified atom stereocenters. The molecule has 2 N–H and O–H groups in total. The lowest BCUT2D eigenvalue weighted by atomic mass is 9.82. The highest BCUT2D eigenvalue weighted by Gasteiger charge is 2.37. The number of nitrogens with zero attached hydrogens (tertiary/aromatic N) is 1. The van der Waals surface area contributed by atoms with Crippen molar-refractivity contribution in [2.75, 3.05) is 0 Å². The molecule has 0 fully saturated rings. The normalized spacial score (nSPS) is 14.2. The van der Waals surface area contributed by atoms with Gasteiger partial charge in [0, 0.05) is 34.0 Å². The summed E-state index contributed by atoms with van der Waals surface area (Å²) in [7, 11) is 0. The average molecular weight is 389 g/mol. The van der Waals surface area contributed by atoms with Crippen LogP contribution in [0.4, 0.5) is 0 Å². The second-order valence-electron chi connectivity index (χ2n) is 8.78. The van der Waals surface area contributed by atoms with E-state index < -0.39 is 0 Å². The summed E-state index contributed by atoms with van der Waals surface area (Å²) in [6.45, 7) is 5.22. The van der Waals surface area contributed by atoms with Crippen LogP contribution in [0.3, 0.4) is 0 Å². The molecule has 0 atom stereocenters. The average Bonchev–Trinajstić information content (AvgIpc) is 3.24. The molecule has 146 valence electrons. The van der Waals surface area contributed by atoms with E-state index in [-0.39, 0.29) is 5.41 Å². The van der Waals surface area contributed by atoms with Gasteiger partial charge in [0.1, 0.15) is 0 Å². The molecule has 0 radical (unpaired) electrons. The highest BCUT2D eigenvalue weighted by atomic mass is 15.0. The van der Waals surface area contributed by atoms with Crippen molar-refractivity contribution in [3.8, 4) is 16.8 Å². The van der Waals surface area contributed by atoms with Gasteiger partial charge in [-0.15, -0.1) is 0 Å². The Morgan fingerprint density at radius 1 is 0.767 bits per heavy atom. The van der Waals surface area contributed by atoms with E-state index >= 15 is 0 Å². The second kappa shape index (κ2) is 6.07. The SMILES string of the molecule is CC1(C)c2ccccc2-c2c1ccc1c3ccccc3n(-c3cccc(CN)c3)c21. The number of hydrogen-bond donors (Lipinski definition) is 1. The Labute approximate surface area is 176 Å². The van der Waals surface area contributed by atoms with E-state index in [1.54, 1.807) is 0 Å². The van der Waals surface area contributed by atoms with Gasteiger partial charge in [0.25, 0.3) is 0 Å². The summed E-state index contributed by atoms with van der Waals surface area (Å²) < 4.78 is 2.43. The minimum Gasteiger partial charge on any atom is -0.326 e. The summed E-state index contributed by atoms with van der Waals surface area (Å²) in [6.07, 6.45) is 0. The quantitative estimate of drug-likeness (QED) is 0.365. The molecular weight excluding hydrogens is 364 g/mol. The predicted molar refractivity (Wildman–Crippen MR) is 126 cm³/mol. The minimum absolute atomic E-state index is 0.0134. The van der Waals surface area contributed by atoms with Crippen LogP contribution in [-0.2, 0) is 12.0 Å². The number of benzene rings is 4. The van der Waals surface area contributed by atoms with Crippen LogP contribution in [0.2, 0.25) is 0 Å². The van der Waals surface area contributed by atoms with Crippen molar-refractivity contribution in [3.05, 3.63) is 102 Å². The van der Waals surface area contributed by atoms with Gasteiger partial charge in [-0.3, -0.25) is 0 Å². The first-order chi connectivity index (χ1) is 14.6. The lowest BCUT2D eigenvalue weighted by Gasteiger charge is -2.21. The lowest BCUT2D eigenvalue weighted by Crippen LogP contribution is -2.14. The van der Waals surface area contributed by atoms with E-state index in [4.69, 9.17) is 5.73 Å². The van der Waals surface area contributed by atoms with Crippen LogP contribution >= 0.6 is 0 Å². The molecule has 0 amide bonds. The van der Waals surface area contributed by atoms with Crippen LogP contribution in [0.25, 0.3) is 38.6 Å². The Hall–Kier alpha value is -3.36. The minimum atomic E-state index is -0.0134. The van der Waals surface area contributed by atoms with Crippen molar-refractivity contribution in [1.29, 1.82) is 0 Å². The highest BCUT2D eigenvalue weighted by molar-refractivity contribution is 6.15. The third-order valence-corrected chi connectivity index (χ3v) is 6.78. The standard InChI is InChI=1S/C28H24N2/c1-28(2)23-12-5-3-11-22(23)26-24(28)15-14-21-20-10-4-6-13-25(20)30(27(21)26)19-9-7-8-18(16-19)17-29/h3-16H,17,29H2,1-2H3. The van der Waals surface area contributed by atoms with Crippen LogP contribution in [-0.4, -0.2) is 4.57 Å². The van der Waals surface area contributed by atoms with Gasteiger partial charge in [-0.25, -0.2) is 0 Å².